The SMILES string of the molecule is Cl.Fc1cccc(-c2cc[nH]n2)c1. The van der Waals surface area contributed by atoms with Crippen molar-refractivity contribution in [2.24, 2.45) is 0 Å². The van der Waals surface area contributed by atoms with Gasteiger partial charge in [0.05, 0.1) is 5.69 Å². The largest absolute Gasteiger partial charge is 0.285 e. The number of aromatic amines is 1. The van der Waals surface area contributed by atoms with Gasteiger partial charge in [0.15, 0.2) is 0 Å². The minimum atomic E-state index is -0.240. The van der Waals surface area contributed by atoms with E-state index in [2.05, 4.69) is 10.2 Å². The lowest BCUT2D eigenvalue weighted by atomic mass is 10.1. The number of rotatable bonds is 1. The van der Waals surface area contributed by atoms with E-state index >= 15 is 0 Å². The lowest BCUT2D eigenvalue weighted by Gasteiger charge is -1.94. The Labute approximate surface area is 81.2 Å². The zero-order chi connectivity index (χ0) is 8.39. The van der Waals surface area contributed by atoms with Gasteiger partial charge in [-0.1, -0.05) is 12.1 Å². The molecule has 0 amide bonds. The first kappa shape index (κ1) is 9.74. The summed E-state index contributed by atoms with van der Waals surface area (Å²) in [5.41, 5.74) is 1.55. The van der Waals surface area contributed by atoms with Crippen LogP contribution in [0.15, 0.2) is 36.5 Å². The second kappa shape index (κ2) is 4.05. The smallest absolute Gasteiger partial charge is 0.123 e. The molecule has 0 bridgehead atoms. The first-order valence-electron chi connectivity index (χ1n) is 3.62. The summed E-state index contributed by atoms with van der Waals surface area (Å²) in [5.74, 6) is -0.240. The van der Waals surface area contributed by atoms with Crippen LogP contribution in [0.2, 0.25) is 0 Å². The number of nitrogens with zero attached hydrogens (tertiary/aromatic N) is 1. The zero-order valence-electron chi connectivity index (χ0n) is 6.70. The Balaban J connectivity index is 0.000000845. The molecule has 0 saturated carbocycles. The van der Waals surface area contributed by atoms with Gasteiger partial charge in [0, 0.05) is 11.8 Å². The van der Waals surface area contributed by atoms with Crippen molar-refractivity contribution < 1.29 is 4.39 Å². The fraction of sp³-hybridized carbons (Fsp3) is 0. The molecule has 0 aliphatic rings. The Hall–Kier alpha value is -1.35. The summed E-state index contributed by atoms with van der Waals surface area (Å²) in [6.07, 6.45) is 1.71. The van der Waals surface area contributed by atoms with Gasteiger partial charge in [0.2, 0.25) is 0 Å². The van der Waals surface area contributed by atoms with Crippen LogP contribution in [0.25, 0.3) is 11.3 Å². The summed E-state index contributed by atoms with van der Waals surface area (Å²) in [6, 6.07) is 8.15. The van der Waals surface area contributed by atoms with Crippen LogP contribution in [0.4, 0.5) is 4.39 Å². The van der Waals surface area contributed by atoms with Crippen molar-refractivity contribution in [3.63, 3.8) is 0 Å². The van der Waals surface area contributed by atoms with Crippen molar-refractivity contribution in [3.8, 4) is 11.3 Å². The number of benzene rings is 1. The van der Waals surface area contributed by atoms with E-state index in [1.807, 2.05) is 6.07 Å². The van der Waals surface area contributed by atoms with Crippen LogP contribution in [0.3, 0.4) is 0 Å². The highest BCUT2D eigenvalue weighted by Crippen LogP contribution is 2.16. The second-order valence-corrected chi connectivity index (χ2v) is 2.47. The Kier molecular flexibility index (Phi) is 3.03. The molecule has 13 heavy (non-hydrogen) atoms. The minimum Gasteiger partial charge on any atom is -0.285 e. The summed E-state index contributed by atoms with van der Waals surface area (Å²) in [4.78, 5) is 0. The number of nitrogens with one attached hydrogen (secondary N) is 1. The third kappa shape index (κ3) is 2.06. The molecule has 0 unspecified atom stereocenters. The molecule has 68 valence electrons. The average molecular weight is 199 g/mol. The van der Waals surface area contributed by atoms with Crippen molar-refractivity contribution in [1.82, 2.24) is 10.2 Å². The fourth-order valence-electron chi connectivity index (χ4n) is 1.07. The lowest BCUT2D eigenvalue weighted by Crippen LogP contribution is -1.79. The first-order chi connectivity index (χ1) is 5.86. The van der Waals surface area contributed by atoms with Crippen molar-refractivity contribution in [3.05, 3.63) is 42.3 Å². The molecule has 4 heteroatoms. The first-order valence-corrected chi connectivity index (χ1v) is 3.62. The van der Waals surface area contributed by atoms with Crippen molar-refractivity contribution in [2.75, 3.05) is 0 Å². The van der Waals surface area contributed by atoms with E-state index in [0.29, 0.717) is 0 Å². The lowest BCUT2D eigenvalue weighted by molar-refractivity contribution is 0.628. The van der Waals surface area contributed by atoms with Gasteiger partial charge < -0.3 is 0 Å². The van der Waals surface area contributed by atoms with Gasteiger partial charge >= 0.3 is 0 Å². The van der Waals surface area contributed by atoms with E-state index in [1.54, 1.807) is 18.3 Å². The monoisotopic (exact) mass is 198 g/mol. The van der Waals surface area contributed by atoms with Gasteiger partial charge in [0.25, 0.3) is 0 Å². The molecule has 1 aromatic carbocycles. The number of H-pyrrole nitrogens is 1. The molecule has 0 radical (unpaired) electrons. The van der Waals surface area contributed by atoms with Crippen LogP contribution in [0, 0.1) is 5.82 Å². The fourth-order valence-corrected chi connectivity index (χ4v) is 1.07. The Morgan fingerprint density at radius 2 is 2.08 bits per heavy atom. The summed E-state index contributed by atoms with van der Waals surface area (Å²) in [7, 11) is 0. The minimum absolute atomic E-state index is 0. The normalized spacial score (nSPS) is 9.31. The molecule has 1 aromatic heterocycles. The number of hydrogen-bond acceptors (Lipinski definition) is 1. The maximum Gasteiger partial charge on any atom is 0.123 e. The van der Waals surface area contributed by atoms with E-state index in [9.17, 15) is 4.39 Å². The van der Waals surface area contributed by atoms with Crippen LogP contribution in [-0.4, -0.2) is 10.2 Å². The topological polar surface area (TPSA) is 28.7 Å². The van der Waals surface area contributed by atoms with E-state index in [0.717, 1.165) is 11.3 Å². The van der Waals surface area contributed by atoms with Gasteiger partial charge in [0.1, 0.15) is 5.82 Å². The molecular formula is C9H8ClFN2. The zero-order valence-corrected chi connectivity index (χ0v) is 7.51. The molecule has 0 fully saturated rings. The third-order valence-corrected chi connectivity index (χ3v) is 1.62. The van der Waals surface area contributed by atoms with Gasteiger partial charge in [-0.2, -0.15) is 5.10 Å². The van der Waals surface area contributed by atoms with Gasteiger partial charge in [-0.25, -0.2) is 4.39 Å². The van der Waals surface area contributed by atoms with Gasteiger partial charge in [-0.3, -0.25) is 5.10 Å². The Bertz CT molecular complexity index is 373. The summed E-state index contributed by atoms with van der Waals surface area (Å²) < 4.78 is 12.7. The molecule has 2 nitrogen and oxygen atoms in total. The Morgan fingerprint density at radius 1 is 1.23 bits per heavy atom. The summed E-state index contributed by atoms with van der Waals surface area (Å²) in [6.45, 7) is 0. The molecule has 0 spiro atoms. The van der Waals surface area contributed by atoms with Gasteiger partial charge in [-0.15, -0.1) is 12.4 Å². The maximum atomic E-state index is 12.7. The Morgan fingerprint density at radius 3 is 2.69 bits per heavy atom. The van der Waals surface area contributed by atoms with Crippen LogP contribution < -0.4 is 0 Å². The average Bonchev–Trinajstić information content (AvgIpc) is 2.56. The molecule has 0 saturated heterocycles. The predicted octanol–water partition coefficient (Wildman–Crippen LogP) is 2.64. The highest BCUT2D eigenvalue weighted by atomic mass is 35.5. The quantitative estimate of drug-likeness (QED) is 0.750. The van der Waals surface area contributed by atoms with Gasteiger partial charge in [-0.05, 0) is 18.2 Å². The van der Waals surface area contributed by atoms with Crippen LogP contribution in [0.5, 0.6) is 0 Å². The molecular weight excluding hydrogens is 191 g/mol. The summed E-state index contributed by atoms with van der Waals surface area (Å²) in [5, 5.41) is 6.61. The molecule has 2 rings (SSSR count). The van der Waals surface area contributed by atoms with Crippen molar-refractivity contribution >= 4 is 12.4 Å². The highest BCUT2D eigenvalue weighted by molar-refractivity contribution is 5.85. The standard InChI is InChI=1S/C9H7FN2.ClH/c10-8-3-1-2-7(6-8)9-4-5-11-12-9;/h1-6H,(H,11,12);1H. The highest BCUT2D eigenvalue weighted by Gasteiger charge is 1.99. The molecule has 2 aromatic rings. The van der Waals surface area contributed by atoms with Crippen LogP contribution >= 0.6 is 12.4 Å². The number of halogens is 2. The van der Waals surface area contributed by atoms with Crippen LogP contribution in [0.1, 0.15) is 0 Å². The number of hydrogen-bond donors (Lipinski definition) is 1. The molecule has 0 atom stereocenters. The van der Waals surface area contributed by atoms with E-state index in [4.69, 9.17) is 0 Å². The van der Waals surface area contributed by atoms with Crippen molar-refractivity contribution in [1.29, 1.82) is 0 Å². The molecule has 0 aliphatic carbocycles. The summed E-state index contributed by atoms with van der Waals surface area (Å²) >= 11 is 0. The van der Waals surface area contributed by atoms with Crippen LogP contribution in [-0.2, 0) is 0 Å². The molecule has 1 N–H and O–H groups in total. The van der Waals surface area contributed by atoms with E-state index in [-0.39, 0.29) is 18.2 Å². The third-order valence-electron chi connectivity index (χ3n) is 1.62. The number of aromatic nitrogens is 2. The second-order valence-electron chi connectivity index (χ2n) is 2.47. The molecule has 0 aliphatic heterocycles. The maximum absolute atomic E-state index is 12.7. The molecule has 1 heterocycles. The predicted molar refractivity (Wildman–Crippen MR) is 51.2 cm³/mol. The van der Waals surface area contributed by atoms with Crippen molar-refractivity contribution in [2.45, 2.75) is 0 Å². The van der Waals surface area contributed by atoms with E-state index < -0.39 is 0 Å². The van der Waals surface area contributed by atoms with E-state index in [1.165, 1.54) is 12.1 Å².